The number of esters is 1. The molecule has 0 aliphatic heterocycles. The Bertz CT molecular complexity index is 588. The van der Waals surface area contributed by atoms with Gasteiger partial charge in [0.15, 0.2) is 0 Å². The first-order chi connectivity index (χ1) is 10.1. The van der Waals surface area contributed by atoms with Gasteiger partial charge >= 0.3 is 5.97 Å². The van der Waals surface area contributed by atoms with Crippen molar-refractivity contribution in [2.75, 3.05) is 5.32 Å². The zero-order valence-electron chi connectivity index (χ0n) is 13.5. The second-order valence-electron chi connectivity index (χ2n) is 6.03. The second kappa shape index (κ2) is 7.20. The van der Waals surface area contributed by atoms with Crippen LogP contribution in [0.15, 0.2) is 24.8 Å². The van der Waals surface area contributed by atoms with E-state index in [1.54, 1.807) is 33.8 Å². The Morgan fingerprint density at radius 1 is 1.36 bits per heavy atom. The summed E-state index contributed by atoms with van der Waals surface area (Å²) in [5.41, 5.74) is 0.798. The molecule has 1 amide bonds. The van der Waals surface area contributed by atoms with Crippen LogP contribution in [0.5, 0.6) is 0 Å². The molecule has 120 valence electrons. The Hall–Kier alpha value is -2.17. The summed E-state index contributed by atoms with van der Waals surface area (Å²) in [5, 5.41) is 2.55. The van der Waals surface area contributed by atoms with E-state index in [1.807, 2.05) is 0 Å². The Kier molecular flexibility index (Phi) is 5.85. The molecule has 0 aliphatic rings. The third kappa shape index (κ3) is 5.68. The van der Waals surface area contributed by atoms with Gasteiger partial charge in [-0.15, -0.1) is 0 Å². The van der Waals surface area contributed by atoms with Crippen molar-refractivity contribution in [3.05, 3.63) is 41.7 Å². The van der Waals surface area contributed by atoms with Crippen molar-refractivity contribution < 1.29 is 18.7 Å². The molecular formula is C17H22FNO3. The van der Waals surface area contributed by atoms with Crippen LogP contribution < -0.4 is 5.32 Å². The van der Waals surface area contributed by atoms with Gasteiger partial charge in [-0.25, -0.2) is 4.39 Å². The van der Waals surface area contributed by atoms with Gasteiger partial charge < -0.3 is 10.1 Å². The highest BCUT2D eigenvalue weighted by molar-refractivity contribution is 5.99. The third-order valence-corrected chi connectivity index (χ3v) is 2.89. The molecule has 1 rings (SSSR count). The lowest BCUT2D eigenvalue weighted by Crippen LogP contribution is -2.24. The van der Waals surface area contributed by atoms with E-state index in [-0.39, 0.29) is 12.4 Å². The molecule has 4 nitrogen and oxygen atoms in total. The van der Waals surface area contributed by atoms with Crippen LogP contribution in [0.2, 0.25) is 0 Å². The zero-order valence-corrected chi connectivity index (χ0v) is 13.5. The summed E-state index contributed by atoms with van der Waals surface area (Å²) in [6, 6.07) is 3.02. The Morgan fingerprint density at radius 3 is 2.55 bits per heavy atom. The van der Waals surface area contributed by atoms with E-state index < -0.39 is 17.3 Å². The number of nitrogens with one attached hydrogen (secondary N) is 1. The average Bonchev–Trinajstić information content (AvgIpc) is 2.39. The standard InChI is InChI=1S/C17H22FNO3/c1-6-15(20)19-14-10-12(9-13(18)11(14)2)7-8-16(21)22-17(3,4)5/h6,9-10H,1,7-8H2,2-5H3,(H,19,20). The van der Waals surface area contributed by atoms with Crippen LogP contribution in [-0.2, 0) is 20.7 Å². The SMILES string of the molecule is C=CC(=O)Nc1cc(CCC(=O)OC(C)(C)C)cc(F)c1C. The molecule has 0 bridgehead atoms. The number of anilines is 1. The highest BCUT2D eigenvalue weighted by Gasteiger charge is 2.16. The van der Waals surface area contributed by atoms with Gasteiger partial charge in [0.25, 0.3) is 0 Å². The molecule has 1 aromatic rings. The molecule has 22 heavy (non-hydrogen) atoms. The summed E-state index contributed by atoms with van der Waals surface area (Å²) >= 11 is 0. The van der Waals surface area contributed by atoms with Crippen LogP contribution >= 0.6 is 0 Å². The first kappa shape index (κ1) is 17.9. The van der Waals surface area contributed by atoms with Crippen LogP contribution in [0.1, 0.15) is 38.3 Å². The molecular weight excluding hydrogens is 285 g/mol. The van der Waals surface area contributed by atoms with Crippen LogP contribution in [0.4, 0.5) is 10.1 Å². The number of aryl methyl sites for hydroxylation is 1. The molecule has 0 radical (unpaired) electrons. The van der Waals surface area contributed by atoms with Crippen molar-refractivity contribution in [1.29, 1.82) is 0 Å². The molecule has 0 saturated heterocycles. The molecule has 0 aliphatic carbocycles. The van der Waals surface area contributed by atoms with E-state index in [0.717, 1.165) is 6.08 Å². The molecule has 1 aromatic carbocycles. The van der Waals surface area contributed by atoms with Crippen molar-refractivity contribution in [2.24, 2.45) is 0 Å². The summed E-state index contributed by atoms with van der Waals surface area (Å²) < 4.78 is 19.1. The molecule has 0 aromatic heterocycles. The van der Waals surface area contributed by atoms with Crippen LogP contribution in [0.3, 0.4) is 0 Å². The number of rotatable bonds is 5. The number of hydrogen-bond donors (Lipinski definition) is 1. The summed E-state index contributed by atoms with van der Waals surface area (Å²) in [6.45, 7) is 10.3. The topological polar surface area (TPSA) is 55.4 Å². The lowest BCUT2D eigenvalue weighted by molar-refractivity contribution is -0.154. The minimum atomic E-state index is -0.543. The molecule has 1 N–H and O–H groups in total. The minimum Gasteiger partial charge on any atom is -0.460 e. The zero-order chi connectivity index (χ0) is 16.9. The molecule has 0 atom stereocenters. The maximum absolute atomic E-state index is 13.9. The van der Waals surface area contributed by atoms with E-state index in [0.29, 0.717) is 23.2 Å². The number of ether oxygens (including phenoxy) is 1. The molecule has 0 fully saturated rings. The first-order valence-electron chi connectivity index (χ1n) is 7.06. The van der Waals surface area contributed by atoms with Crippen molar-refractivity contribution in [3.63, 3.8) is 0 Å². The Morgan fingerprint density at radius 2 is 2.00 bits per heavy atom. The first-order valence-corrected chi connectivity index (χ1v) is 7.06. The molecule has 0 heterocycles. The fraction of sp³-hybridized carbons (Fsp3) is 0.412. The monoisotopic (exact) mass is 307 g/mol. The third-order valence-electron chi connectivity index (χ3n) is 2.89. The highest BCUT2D eigenvalue weighted by atomic mass is 19.1. The van der Waals surface area contributed by atoms with Gasteiger partial charge in [-0.2, -0.15) is 0 Å². The number of amides is 1. The number of hydrogen-bond acceptors (Lipinski definition) is 3. The van der Waals surface area contributed by atoms with Crippen LogP contribution in [0.25, 0.3) is 0 Å². The summed E-state index contributed by atoms with van der Waals surface area (Å²) in [7, 11) is 0. The van der Waals surface area contributed by atoms with Gasteiger partial charge in [0, 0.05) is 17.7 Å². The average molecular weight is 307 g/mol. The van der Waals surface area contributed by atoms with Crippen molar-refractivity contribution in [3.8, 4) is 0 Å². The fourth-order valence-electron chi connectivity index (χ4n) is 1.83. The maximum atomic E-state index is 13.9. The Labute approximate surface area is 130 Å². The fourth-order valence-corrected chi connectivity index (χ4v) is 1.83. The summed E-state index contributed by atoms with van der Waals surface area (Å²) in [5.74, 6) is -1.18. The van der Waals surface area contributed by atoms with Gasteiger partial charge in [0.05, 0.1) is 0 Å². The predicted octanol–water partition coefficient (Wildman–Crippen LogP) is 3.53. The Balaban J connectivity index is 2.81. The lowest BCUT2D eigenvalue weighted by Gasteiger charge is -2.19. The molecule has 0 spiro atoms. The quantitative estimate of drug-likeness (QED) is 0.669. The van der Waals surface area contributed by atoms with E-state index in [1.165, 1.54) is 6.07 Å². The smallest absolute Gasteiger partial charge is 0.306 e. The van der Waals surface area contributed by atoms with E-state index in [4.69, 9.17) is 4.74 Å². The van der Waals surface area contributed by atoms with E-state index >= 15 is 0 Å². The van der Waals surface area contributed by atoms with E-state index in [9.17, 15) is 14.0 Å². The highest BCUT2D eigenvalue weighted by Crippen LogP contribution is 2.22. The molecule has 5 heteroatoms. The van der Waals surface area contributed by atoms with Gasteiger partial charge in [0.1, 0.15) is 11.4 Å². The number of halogens is 1. The predicted molar refractivity (Wildman–Crippen MR) is 84.1 cm³/mol. The van der Waals surface area contributed by atoms with Crippen molar-refractivity contribution in [2.45, 2.75) is 46.1 Å². The van der Waals surface area contributed by atoms with Crippen LogP contribution in [0, 0.1) is 12.7 Å². The maximum Gasteiger partial charge on any atom is 0.306 e. The molecule has 0 saturated carbocycles. The van der Waals surface area contributed by atoms with Gasteiger partial charge in [-0.1, -0.05) is 6.58 Å². The van der Waals surface area contributed by atoms with Crippen molar-refractivity contribution >= 4 is 17.6 Å². The molecule has 0 unspecified atom stereocenters. The van der Waals surface area contributed by atoms with Gasteiger partial charge in [-0.3, -0.25) is 9.59 Å². The van der Waals surface area contributed by atoms with Gasteiger partial charge in [-0.05, 0) is 57.9 Å². The lowest BCUT2D eigenvalue weighted by atomic mass is 10.0. The number of carbonyl (C=O) groups is 2. The number of carbonyl (C=O) groups excluding carboxylic acids is 2. The van der Waals surface area contributed by atoms with Crippen LogP contribution in [-0.4, -0.2) is 17.5 Å². The van der Waals surface area contributed by atoms with Crippen molar-refractivity contribution in [1.82, 2.24) is 0 Å². The van der Waals surface area contributed by atoms with E-state index in [2.05, 4.69) is 11.9 Å². The minimum absolute atomic E-state index is 0.147. The second-order valence-corrected chi connectivity index (χ2v) is 6.03. The number of benzene rings is 1. The largest absolute Gasteiger partial charge is 0.460 e. The normalized spacial score (nSPS) is 11.0. The summed E-state index contributed by atoms with van der Waals surface area (Å²) in [4.78, 5) is 23.0. The summed E-state index contributed by atoms with van der Waals surface area (Å²) in [6.07, 6.45) is 1.60. The van der Waals surface area contributed by atoms with Gasteiger partial charge in [0.2, 0.25) is 5.91 Å².